The highest BCUT2D eigenvalue weighted by molar-refractivity contribution is 6.30. The maximum Gasteiger partial charge on any atom is 0.243 e. The van der Waals surface area contributed by atoms with E-state index in [1.807, 2.05) is 43.3 Å². The number of ketones is 1. The summed E-state index contributed by atoms with van der Waals surface area (Å²) in [5.41, 5.74) is 1.68. The average molecular weight is 525 g/mol. The van der Waals surface area contributed by atoms with Crippen LogP contribution >= 0.6 is 11.6 Å². The Morgan fingerprint density at radius 3 is 2.62 bits per heavy atom. The SMILES string of the molecule is CC(=O)c1cn(CC(=O)N2[C@@H]3C[C@@H]3C[C@H]2C(=O)N[C@H](CN(C)C)c2cccc(Cl)c2F)c2ccccc12. The van der Waals surface area contributed by atoms with Gasteiger partial charge >= 0.3 is 0 Å². The molecular formula is C28H30ClFN4O3. The van der Waals surface area contributed by atoms with Crippen LogP contribution in [0.2, 0.25) is 5.02 Å². The van der Waals surface area contributed by atoms with Crippen molar-refractivity contribution in [2.24, 2.45) is 5.92 Å². The molecule has 1 aliphatic heterocycles. The normalized spacial score (nSPS) is 21.2. The molecule has 1 saturated carbocycles. The first-order valence-electron chi connectivity index (χ1n) is 12.4. The number of benzene rings is 2. The summed E-state index contributed by atoms with van der Waals surface area (Å²) in [6.07, 6.45) is 3.18. The highest BCUT2D eigenvalue weighted by Gasteiger charge is 2.56. The lowest BCUT2D eigenvalue weighted by molar-refractivity contribution is -0.140. The molecule has 7 nitrogen and oxygen atoms in total. The molecule has 2 heterocycles. The molecule has 1 N–H and O–H groups in total. The number of likely N-dealkylation sites (tertiary alicyclic amines) is 1. The van der Waals surface area contributed by atoms with Crippen molar-refractivity contribution in [3.05, 3.63) is 70.6 Å². The number of nitrogens with one attached hydrogen (secondary N) is 1. The second-order valence-electron chi connectivity index (χ2n) is 10.3. The monoisotopic (exact) mass is 524 g/mol. The van der Waals surface area contributed by atoms with Crippen molar-refractivity contribution < 1.29 is 18.8 Å². The largest absolute Gasteiger partial charge is 0.346 e. The summed E-state index contributed by atoms with van der Waals surface area (Å²) in [5.74, 6) is -0.792. The smallest absolute Gasteiger partial charge is 0.243 e. The van der Waals surface area contributed by atoms with Crippen molar-refractivity contribution >= 4 is 40.1 Å². The first-order valence-corrected chi connectivity index (χ1v) is 12.8. The van der Waals surface area contributed by atoms with Gasteiger partial charge in [-0.2, -0.15) is 0 Å². The fourth-order valence-electron chi connectivity index (χ4n) is 5.58. The Kier molecular flexibility index (Phi) is 6.81. The van der Waals surface area contributed by atoms with E-state index in [9.17, 15) is 18.8 Å². The number of rotatable bonds is 8. The fraction of sp³-hybridized carbons (Fsp3) is 0.393. The quantitative estimate of drug-likeness (QED) is 0.451. The van der Waals surface area contributed by atoms with Gasteiger partial charge in [-0.1, -0.05) is 41.9 Å². The van der Waals surface area contributed by atoms with Crippen LogP contribution in [-0.4, -0.2) is 64.7 Å². The number of likely N-dealkylation sites (N-methyl/N-ethyl adjacent to an activating group) is 1. The predicted molar refractivity (Wildman–Crippen MR) is 140 cm³/mol. The summed E-state index contributed by atoms with van der Waals surface area (Å²) in [7, 11) is 3.69. The highest BCUT2D eigenvalue weighted by atomic mass is 35.5. The molecule has 5 rings (SSSR count). The average Bonchev–Trinajstić information content (AvgIpc) is 3.35. The summed E-state index contributed by atoms with van der Waals surface area (Å²) in [6.45, 7) is 1.92. The summed E-state index contributed by atoms with van der Waals surface area (Å²) in [5, 5.41) is 3.79. The molecule has 3 aromatic rings. The van der Waals surface area contributed by atoms with Crippen molar-refractivity contribution in [2.75, 3.05) is 20.6 Å². The molecule has 4 atom stereocenters. The number of nitrogens with zero attached hydrogens (tertiary/aromatic N) is 3. The first-order chi connectivity index (χ1) is 17.7. The second kappa shape index (κ2) is 9.91. The van der Waals surface area contributed by atoms with E-state index in [1.165, 1.54) is 13.0 Å². The Balaban J connectivity index is 1.37. The number of para-hydroxylation sites is 1. The lowest BCUT2D eigenvalue weighted by Gasteiger charge is -2.30. The molecule has 2 amide bonds. The van der Waals surface area contributed by atoms with E-state index in [2.05, 4.69) is 5.32 Å². The molecule has 0 radical (unpaired) electrons. The lowest BCUT2D eigenvalue weighted by atomic mass is 10.0. The van der Waals surface area contributed by atoms with E-state index in [4.69, 9.17) is 11.6 Å². The van der Waals surface area contributed by atoms with Gasteiger partial charge in [-0.25, -0.2) is 4.39 Å². The number of hydrogen-bond acceptors (Lipinski definition) is 4. The molecule has 0 bridgehead atoms. The van der Waals surface area contributed by atoms with E-state index in [-0.39, 0.29) is 35.2 Å². The Hall–Kier alpha value is -3.23. The molecule has 2 aliphatic rings. The standard InChI is InChI=1S/C28H30ClFN4O3/c1-16(35)20-13-33(23-10-5-4-7-18(20)23)15-26(36)34-24-11-17(24)12-25(34)28(37)31-22(14-32(2)3)19-8-6-9-21(29)27(19)30/h4-10,13,17,22,24-25H,11-12,14-15H2,1-3H3,(H,31,37)/t17-,22-,24-,25+/m1/s1. The van der Waals surface area contributed by atoms with Crippen molar-refractivity contribution in [3.63, 3.8) is 0 Å². The lowest BCUT2D eigenvalue weighted by Crippen LogP contribution is -2.50. The minimum absolute atomic E-state index is 0.00157. The topological polar surface area (TPSA) is 74.6 Å². The van der Waals surface area contributed by atoms with Crippen LogP contribution in [0.4, 0.5) is 4.39 Å². The predicted octanol–water partition coefficient (Wildman–Crippen LogP) is 4.04. The summed E-state index contributed by atoms with van der Waals surface area (Å²) >= 11 is 6.01. The molecule has 2 aromatic carbocycles. The minimum atomic E-state index is -0.628. The van der Waals surface area contributed by atoms with Gasteiger partial charge in [0.1, 0.15) is 18.4 Å². The molecule has 37 heavy (non-hydrogen) atoms. The minimum Gasteiger partial charge on any atom is -0.346 e. The summed E-state index contributed by atoms with van der Waals surface area (Å²) in [6, 6.07) is 11.0. The Morgan fingerprint density at radius 1 is 1.14 bits per heavy atom. The maximum atomic E-state index is 14.8. The van der Waals surface area contributed by atoms with Crippen molar-refractivity contribution in [2.45, 2.75) is 44.4 Å². The van der Waals surface area contributed by atoms with Gasteiger partial charge in [-0.05, 0) is 51.9 Å². The number of aromatic nitrogens is 1. The van der Waals surface area contributed by atoms with Crippen molar-refractivity contribution in [1.29, 1.82) is 0 Å². The Bertz CT molecular complexity index is 1390. The Morgan fingerprint density at radius 2 is 1.89 bits per heavy atom. The van der Waals surface area contributed by atoms with Crippen LogP contribution in [0.1, 0.15) is 41.7 Å². The molecule has 2 fully saturated rings. The van der Waals surface area contributed by atoms with Crippen molar-refractivity contribution in [3.8, 4) is 0 Å². The van der Waals surface area contributed by atoms with Crippen LogP contribution in [-0.2, 0) is 16.1 Å². The van der Waals surface area contributed by atoms with E-state index in [0.29, 0.717) is 30.0 Å². The highest BCUT2D eigenvalue weighted by Crippen LogP contribution is 2.48. The number of carbonyl (C=O) groups is 3. The summed E-state index contributed by atoms with van der Waals surface area (Å²) < 4.78 is 16.6. The van der Waals surface area contributed by atoms with Crippen LogP contribution in [0.5, 0.6) is 0 Å². The fourth-order valence-corrected chi connectivity index (χ4v) is 5.76. The molecule has 194 valence electrons. The van der Waals surface area contributed by atoms with Crippen LogP contribution in [0.25, 0.3) is 10.9 Å². The van der Waals surface area contributed by atoms with Gasteiger partial charge in [0.25, 0.3) is 0 Å². The van der Waals surface area contributed by atoms with Crippen LogP contribution in [0.15, 0.2) is 48.7 Å². The first kappa shape index (κ1) is 25.4. The number of piperidine rings is 1. The van der Waals surface area contributed by atoms with Gasteiger partial charge in [0.05, 0.1) is 11.1 Å². The molecule has 0 spiro atoms. The van der Waals surface area contributed by atoms with Crippen LogP contribution < -0.4 is 5.32 Å². The number of carbonyl (C=O) groups excluding carboxylic acids is 3. The third kappa shape index (κ3) is 4.88. The van der Waals surface area contributed by atoms with Gasteiger partial charge in [-0.15, -0.1) is 0 Å². The zero-order chi connectivity index (χ0) is 26.4. The van der Waals surface area contributed by atoms with Crippen molar-refractivity contribution in [1.82, 2.24) is 19.7 Å². The maximum absolute atomic E-state index is 14.8. The number of amides is 2. The third-order valence-electron chi connectivity index (χ3n) is 7.39. The van der Waals surface area contributed by atoms with Crippen LogP contribution in [0, 0.1) is 11.7 Å². The zero-order valence-electron chi connectivity index (χ0n) is 21.1. The summed E-state index contributed by atoms with van der Waals surface area (Å²) in [4.78, 5) is 42.8. The van der Waals surface area contributed by atoms with Gasteiger partial charge in [0, 0.05) is 40.8 Å². The molecule has 1 saturated heterocycles. The van der Waals surface area contributed by atoms with E-state index in [0.717, 1.165) is 17.3 Å². The number of fused-ring (bicyclic) bond motifs is 2. The van der Waals surface area contributed by atoms with Gasteiger partial charge in [-0.3, -0.25) is 14.4 Å². The molecular weight excluding hydrogens is 495 g/mol. The van der Waals surface area contributed by atoms with Gasteiger partial charge < -0.3 is 19.7 Å². The Labute approximate surface area is 220 Å². The third-order valence-corrected chi connectivity index (χ3v) is 7.68. The molecule has 9 heteroatoms. The van der Waals surface area contributed by atoms with E-state index < -0.39 is 17.9 Å². The molecule has 1 aromatic heterocycles. The van der Waals surface area contributed by atoms with E-state index in [1.54, 1.807) is 27.8 Å². The van der Waals surface area contributed by atoms with Crippen LogP contribution in [0.3, 0.4) is 0 Å². The molecule has 1 aliphatic carbocycles. The second-order valence-corrected chi connectivity index (χ2v) is 10.7. The number of halogens is 2. The van der Waals surface area contributed by atoms with E-state index >= 15 is 0 Å². The number of Topliss-reactive ketones (excluding diaryl/α,β-unsaturated/α-hetero) is 1. The zero-order valence-corrected chi connectivity index (χ0v) is 21.8. The van der Waals surface area contributed by atoms with Gasteiger partial charge in [0.15, 0.2) is 5.78 Å². The number of hydrogen-bond donors (Lipinski definition) is 1. The van der Waals surface area contributed by atoms with Gasteiger partial charge in [0.2, 0.25) is 11.8 Å². The molecule has 0 unspecified atom stereocenters.